The summed E-state index contributed by atoms with van der Waals surface area (Å²) >= 11 is 0. The molecule has 0 radical (unpaired) electrons. The highest BCUT2D eigenvalue weighted by atomic mass is 32.2. The van der Waals surface area contributed by atoms with E-state index in [1.165, 1.54) is 12.3 Å². The number of nitrogens with one attached hydrogen (secondary N) is 2. The molecule has 0 aliphatic heterocycles. The van der Waals surface area contributed by atoms with E-state index in [-0.39, 0.29) is 12.4 Å². The molecule has 2 aromatic rings. The minimum atomic E-state index is -4.04. The number of nitrogens with two attached hydrogens (primary N) is 1. The maximum atomic E-state index is 13.5. The minimum Gasteiger partial charge on any atom is -0.384 e. The maximum absolute atomic E-state index is 13.5. The van der Waals surface area contributed by atoms with E-state index >= 15 is 0 Å². The van der Waals surface area contributed by atoms with Crippen molar-refractivity contribution in [3.05, 3.63) is 59.5 Å². The first-order chi connectivity index (χ1) is 9.90. The lowest BCUT2D eigenvalue weighted by Gasteiger charge is -2.08. The van der Waals surface area contributed by atoms with Gasteiger partial charge in [-0.2, -0.15) is 0 Å². The molecule has 1 aromatic heterocycles. The lowest BCUT2D eigenvalue weighted by atomic mass is 10.1. The fourth-order valence-corrected chi connectivity index (χ4v) is 2.68. The van der Waals surface area contributed by atoms with Gasteiger partial charge in [0.25, 0.3) is 10.0 Å². The zero-order chi connectivity index (χ0) is 15.5. The van der Waals surface area contributed by atoms with Gasteiger partial charge in [-0.15, -0.1) is 0 Å². The molecular weight excluding hydrogens is 295 g/mol. The average molecular weight is 308 g/mol. The zero-order valence-corrected chi connectivity index (χ0v) is 11.7. The predicted octanol–water partition coefficient (Wildman–Crippen LogP) is 0.983. The number of nitrogens with zero attached hydrogens (tertiary/aromatic N) is 1. The van der Waals surface area contributed by atoms with Crippen molar-refractivity contribution < 1.29 is 12.8 Å². The van der Waals surface area contributed by atoms with Gasteiger partial charge in [-0.05, 0) is 23.8 Å². The number of benzene rings is 1. The monoisotopic (exact) mass is 308 g/mol. The van der Waals surface area contributed by atoms with Gasteiger partial charge in [-0.25, -0.2) is 22.5 Å². The topological polar surface area (TPSA) is 109 Å². The molecule has 0 saturated heterocycles. The van der Waals surface area contributed by atoms with Crippen LogP contribution < -0.4 is 10.5 Å². The fourth-order valence-electron chi connectivity index (χ4n) is 1.66. The standard InChI is InChI=1S/C13H13FN4O2S/c14-11-5-2-6-17-13(11)21(19,20)18-8-9-3-1-4-10(7-9)12(15)16/h1-7,18H,8H2,(H3,15,16). The molecule has 0 bridgehead atoms. The molecule has 0 aliphatic carbocycles. The van der Waals surface area contributed by atoms with Crippen molar-refractivity contribution in [1.82, 2.24) is 9.71 Å². The van der Waals surface area contributed by atoms with Crippen LogP contribution in [0.15, 0.2) is 47.6 Å². The van der Waals surface area contributed by atoms with Gasteiger partial charge >= 0.3 is 0 Å². The molecule has 0 unspecified atom stereocenters. The number of amidine groups is 1. The summed E-state index contributed by atoms with van der Waals surface area (Å²) in [5, 5.41) is 6.68. The number of hydrogen-bond donors (Lipinski definition) is 3. The Morgan fingerprint density at radius 2 is 2.10 bits per heavy atom. The van der Waals surface area contributed by atoms with E-state index in [9.17, 15) is 12.8 Å². The number of aromatic nitrogens is 1. The van der Waals surface area contributed by atoms with Crippen LogP contribution in [0, 0.1) is 11.2 Å². The third-order valence-electron chi connectivity index (χ3n) is 2.68. The second-order valence-corrected chi connectivity index (χ2v) is 5.91. The molecule has 21 heavy (non-hydrogen) atoms. The lowest BCUT2D eigenvalue weighted by Crippen LogP contribution is -2.25. The Labute approximate surface area is 121 Å². The van der Waals surface area contributed by atoms with Crippen LogP contribution >= 0.6 is 0 Å². The summed E-state index contributed by atoms with van der Waals surface area (Å²) in [6, 6.07) is 8.88. The average Bonchev–Trinajstić information content (AvgIpc) is 2.46. The summed E-state index contributed by atoms with van der Waals surface area (Å²) < 4.78 is 39.6. The molecule has 1 heterocycles. The van der Waals surface area contributed by atoms with Gasteiger partial charge in [0.05, 0.1) is 0 Å². The molecule has 1 aromatic carbocycles. The minimum absolute atomic E-state index is 0.0561. The Hall–Kier alpha value is -2.32. The van der Waals surface area contributed by atoms with Gasteiger partial charge in [-0.1, -0.05) is 18.2 Å². The van der Waals surface area contributed by atoms with E-state index in [0.29, 0.717) is 11.1 Å². The molecule has 0 amide bonds. The Balaban J connectivity index is 2.18. The van der Waals surface area contributed by atoms with Crippen LogP contribution in [0.5, 0.6) is 0 Å². The first kappa shape index (κ1) is 15.1. The largest absolute Gasteiger partial charge is 0.384 e. The summed E-state index contributed by atoms with van der Waals surface area (Å²) in [4.78, 5) is 3.53. The first-order valence-corrected chi connectivity index (χ1v) is 7.42. The van der Waals surface area contributed by atoms with Crippen LogP contribution in [0.1, 0.15) is 11.1 Å². The van der Waals surface area contributed by atoms with Crippen LogP contribution in [0.2, 0.25) is 0 Å². The summed E-state index contributed by atoms with van der Waals surface area (Å²) in [5.41, 5.74) is 6.44. The van der Waals surface area contributed by atoms with Crippen molar-refractivity contribution in [2.45, 2.75) is 11.6 Å². The van der Waals surface area contributed by atoms with Crippen molar-refractivity contribution in [1.29, 1.82) is 5.41 Å². The number of hydrogen-bond acceptors (Lipinski definition) is 4. The Bertz CT molecular complexity index is 777. The number of sulfonamides is 1. The van der Waals surface area contributed by atoms with E-state index in [0.717, 1.165) is 6.07 Å². The number of nitrogen functional groups attached to an aromatic ring is 1. The van der Waals surface area contributed by atoms with Gasteiger partial charge in [0.15, 0.2) is 5.82 Å². The molecule has 0 saturated carbocycles. The summed E-state index contributed by atoms with van der Waals surface area (Å²) in [6.45, 7) is -0.0561. The van der Waals surface area contributed by atoms with E-state index in [1.54, 1.807) is 24.3 Å². The predicted molar refractivity (Wildman–Crippen MR) is 75.7 cm³/mol. The molecule has 4 N–H and O–H groups in total. The van der Waals surface area contributed by atoms with Gasteiger partial charge in [-0.3, -0.25) is 5.41 Å². The van der Waals surface area contributed by atoms with E-state index in [1.807, 2.05) is 0 Å². The maximum Gasteiger partial charge on any atom is 0.261 e. The quantitative estimate of drug-likeness (QED) is 0.565. The van der Waals surface area contributed by atoms with Gasteiger partial charge in [0, 0.05) is 18.3 Å². The van der Waals surface area contributed by atoms with Crippen molar-refractivity contribution in [3.8, 4) is 0 Å². The Morgan fingerprint density at radius 1 is 1.33 bits per heavy atom. The molecule has 0 atom stereocenters. The molecule has 0 aliphatic rings. The molecule has 0 spiro atoms. The smallest absolute Gasteiger partial charge is 0.261 e. The summed E-state index contributed by atoms with van der Waals surface area (Å²) in [7, 11) is -4.04. The molecule has 2 rings (SSSR count). The van der Waals surface area contributed by atoms with Gasteiger partial charge in [0.1, 0.15) is 5.84 Å². The number of rotatable bonds is 5. The molecular formula is C13H13FN4O2S. The highest BCUT2D eigenvalue weighted by molar-refractivity contribution is 7.89. The van der Waals surface area contributed by atoms with Crippen molar-refractivity contribution in [2.75, 3.05) is 0 Å². The SMILES string of the molecule is N=C(N)c1cccc(CNS(=O)(=O)c2ncccc2F)c1. The van der Waals surface area contributed by atoms with Crippen LogP contribution in [-0.4, -0.2) is 19.2 Å². The Morgan fingerprint density at radius 3 is 2.76 bits per heavy atom. The highest BCUT2D eigenvalue weighted by Crippen LogP contribution is 2.11. The first-order valence-electron chi connectivity index (χ1n) is 5.93. The van der Waals surface area contributed by atoms with Crippen LogP contribution in [0.25, 0.3) is 0 Å². The second kappa shape index (κ2) is 5.98. The number of halogens is 1. The van der Waals surface area contributed by atoms with Crippen molar-refractivity contribution in [2.24, 2.45) is 5.73 Å². The highest BCUT2D eigenvalue weighted by Gasteiger charge is 2.19. The van der Waals surface area contributed by atoms with Gasteiger partial charge in [0.2, 0.25) is 5.03 Å². The van der Waals surface area contributed by atoms with Crippen molar-refractivity contribution in [3.63, 3.8) is 0 Å². The Kier molecular flexibility index (Phi) is 4.29. The van der Waals surface area contributed by atoms with Crippen LogP contribution in [0.3, 0.4) is 0 Å². The second-order valence-electron chi connectivity index (χ2n) is 4.23. The van der Waals surface area contributed by atoms with Gasteiger partial charge < -0.3 is 5.73 Å². The fraction of sp³-hybridized carbons (Fsp3) is 0.0769. The summed E-state index contributed by atoms with van der Waals surface area (Å²) in [5.74, 6) is -1.03. The third kappa shape index (κ3) is 3.61. The molecule has 0 fully saturated rings. The van der Waals surface area contributed by atoms with Crippen molar-refractivity contribution >= 4 is 15.9 Å². The molecule has 110 valence electrons. The normalized spacial score (nSPS) is 11.3. The number of pyridine rings is 1. The van der Waals surface area contributed by atoms with E-state index in [2.05, 4.69) is 9.71 Å². The molecule has 8 heteroatoms. The van der Waals surface area contributed by atoms with E-state index in [4.69, 9.17) is 11.1 Å². The third-order valence-corrected chi connectivity index (χ3v) is 4.02. The molecule has 6 nitrogen and oxygen atoms in total. The zero-order valence-electron chi connectivity index (χ0n) is 10.9. The lowest BCUT2D eigenvalue weighted by molar-refractivity contribution is 0.544. The van der Waals surface area contributed by atoms with E-state index < -0.39 is 20.9 Å². The summed E-state index contributed by atoms with van der Waals surface area (Å²) in [6.07, 6.45) is 1.20. The van der Waals surface area contributed by atoms with Crippen LogP contribution in [0.4, 0.5) is 4.39 Å². The van der Waals surface area contributed by atoms with Crippen LogP contribution in [-0.2, 0) is 16.6 Å².